The summed E-state index contributed by atoms with van der Waals surface area (Å²) in [5.74, 6) is -0.242. The van der Waals surface area contributed by atoms with Crippen LogP contribution in [0.1, 0.15) is 18.0 Å². The number of para-hydroxylation sites is 1. The Balaban J connectivity index is 1.71. The van der Waals surface area contributed by atoms with E-state index < -0.39 is 0 Å². The van der Waals surface area contributed by atoms with Gasteiger partial charge in [0.1, 0.15) is 0 Å². The van der Waals surface area contributed by atoms with Gasteiger partial charge in [0.15, 0.2) is 0 Å². The third-order valence-electron chi connectivity index (χ3n) is 5.24. The molecule has 2 aromatic rings. The zero-order valence-electron chi connectivity index (χ0n) is 14.7. The van der Waals surface area contributed by atoms with Gasteiger partial charge in [-0.25, -0.2) is 0 Å². The van der Waals surface area contributed by atoms with E-state index in [1.165, 1.54) is 0 Å². The lowest BCUT2D eigenvalue weighted by Crippen LogP contribution is -2.49. The SMILES string of the molecule is O=C(C1CC(=O)N(c2ccccc2)C1c1ccccc1)N1CCNCC1. The van der Waals surface area contributed by atoms with E-state index in [0.717, 1.165) is 24.3 Å². The smallest absolute Gasteiger partial charge is 0.228 e. The first-order valence-electron chi connectivity index (χ1n) is 9.17. The van der Waals surface area contributed by atoms with E-state index in [2.05, 4.69) is 5.32 Å². The van der Waals surface area contributed by atoms with Gasteiger partial charge >= 0.3 is 0 Å². The zero-order chi connectivity index (χ0) is 17.9. The number of hydrogen-bond donors (Lipinski definition) is 1. The maximum absolute atomic E-state index is 13.2. The van der Waals surface area contributed by atoms with E-state index in [1.54, 1.807) is 4.90 Å². The van der Waals surface area contributed by atoms with Crippen molar-refractivity contribution in [1.82, 2.24) is 10.2 Å². The minimum absolute atomic E-state index is 0.0125. The number of rotatable bonds is 3. The van der Waals surface area contributed by atoms with Crippen molar-refractivity contribution in [2.24, 2.45) is 5.92 Å². The summed E-state index contributed by atoms with van der Waals surface area (Å²) in [6.07, 6.45) is 0.261. The molecule has 2 atom stereocenters. The highest BCUT2D eigenvalue weighted by molar-refractivity contribution is 6.01. The number of amides is 2. The average Bonchev–Trinajstić information content (AvgIpc) is 3.06. The summed E-state index contributed by atoms with van der Waals surface area (Å²) in [7, 11) is 0. The van der Waals surface area contributed by atoms with Crippen molar-refractivity contribution < 1.29 is 9.59 Å². The fourth-order valence-corrected chi connectivity index (χ4v) is 4.00. The Morgan fingerprint density at radius 1 is 0.923 bits per heavy atom. The van der Waals surface area contributed by atoms with Crippen LogP contribution in [0.15, 0.2) is 60.7 Å². The van der Waals surface area contributed by atoms with E-state index in [9.17, 15) is 9.59 Å². The molecule has 2 unspecified atom stereocenters. The topological polar surface area (TPSA) is 52.7 Å². The number of nitrogens with zero attached hydrogens (tertiary/aromatic N) is 2. The molecule has 0 aromatic heterocycles. The zero-order valence-corrected chi connectivity index (χ0v) is 14.7. The third kappa shape index (κ3) is 3.10. The van der Waals surface area contributed by atoms with Gasteiger partial charge in [0.2, 0.25) is 11.8 Å². The lowest BCUT2D eigenvalue weighted by Gasteiger charge is -2.33. The van der Waals surface area contributed by atoms with Crippen molar-refractivity contribution in [2.75, 3.05) is 31.1 Å². The number of nitrogens with one attached hydrogen (secondary N) is 1. The van der Waals surface area contributed by atoms with Crippen LogP contribution in [-0.4, -0.2) is 42.9 Å². The van der Waals surface area contributed by atoms with Gasteiger partial charge in [-0.1, -0.05) is 48.5 Å². The number of piperazine rings is 1. The Bertz CT molecular complexity index is 772. The predicted octanol–water partition coefficient (Wildman–Crippen LogP) is 2.21. The lowest BCUT2D eigenvalue weighted by molar-refractivity contribution is -0.137. The summed E-state index contributed by atoms with van der Waals surface area (Å²) in [5, 5.41) is 3.28. The van der Waals surface area contributed by atoms with Gasteiger partial charge in [-0.05, 0) is 17.7 Å². The highest BCUT2D eigenvalue weighted by Gasteiger charge is 2.46. The molecule has 0 radical (unpaired) electrons. The van der Waals surface area contributed by atoms with E-state index in [1.807, 2.05) is 65.6 Å². The maximum atomic E-state index is 13.2. The maximum Gasteiger partial charge on any atom is 0.228 e. The monoisotopic (exact) mass is 349 g/mol. The summed E-state index contributed by atoms with van der Waals surface area (Å²) in [4.78, 5) is 29.8. The molecule has 5 heteroatoms. The van der Waals surface area contributed by atoms with Crippen LogP contribution in [0.5, 0.6) is 0 Å². The number of carbonyl (C=O) groups excluding carboxylic acids is 2. The van der Waals surface area contributed by atoms with Crippen molar-refractivity contribution in [1.29, 1.82) is 0 Å². The second-order valence-electron chi connectivity index (χ2n) is 6.84. The highest BCUT2D eigenvalue weighted by atomic mass is 16.2. The second kappa shape index (κ2) is 7.30. The van der Waals surface area contributed by atoms with Gasteiger partial charge in [0.05, 0.1) is 12.0 Å². The molecule has 2 heterocycles. The fraction of sp³-hybridized carbons (Fsp3) is 0.333. The van der Waals surface area contributed by atoms with E-state index in [4.69, 9.17) is 0 Å². The minimum Gasteiger partial charge on any atom is -0.340 e. The van der Waals surface area contributed by atoms with Gasteiger partial charge < -0.3 is 15.1 Å². The van der Waals surface area contributed by atoms with Crippen LogP contribution >= 0.6 is 0 Å². The largest absolute Gasteiger partial charge is 0.340 e. The molecular formula is C21H23N3O2. The second-order valence-corrected chi connectivity index (χ2v) is 6.84. The van der Waals surface area contributed by atoms with Gasteiger partial charge in [-0.2, -0.15) is 0 Å². The Kier molecular flexibility index (Phi) is 4.71. The summed E-state index contributed by atoms with van der Waals surface area (Å²) in [6.45, 7) is 3.03. The molecule has 2 aliphatic heterocycles. The van der Waals surface area contributed by atoms with Crippen LogP contribution < -0.4 is 10.2 Å². The van der Waals surface area contributed by atoms with Crippen LogP contribution in [0.3, 0.4) is 0 Å². The number of anilines is 1. The van der Waals surface area contributed by atoms with Crippen molar-refractivity contribution in [3.05, 3.63) is 66.2 Å². The lowest BCUT2D eigenvalue weighted by atomic mass is 9.92. The molecule has 1 N–H and O–H groups in total. The quantitative estimate of drug-likeness (QED) is 0.924. The molecule has 5 nitrogen and oxygen atoms in total. The molecule has 2 amide bonds. The van der Waals surface area contributed by atoms with Crippen molar-refractivity contribution in [3.8, 4) is 0 Å². The molecule has 26 heavy (non-hydrogen) atoms. The predicted molar refractivity (Wildman–Crippen MR) is 101 cm³/mol. The molecule has 2 fully saturated rings. The number of carbonyl (C=O) groups is 2. The fourth-order valence-electron chi connectivity index (χ4n) is 4.00. The standard InChI is InChI=1S/C21H23N3O2/c25-19-15-18(21(26)23-13-11-22-12-14-23)20(16-7-3-1-4-8-16)24(19)17-9-5-2-6-10-17/h1-10,18,20,22H,11-15H2. The van der Waals surface area contributed by atoms with Crippen LogP contribution in [0.2, 0.25) is 0 Å². The molecule has 2 saturated heterocycles. The summed E-state index contributed by atoms with van der Waals surface area (Å²) in [5.41, 5.74) is 1.86. The molecular weight excluding hydrogens is 326 g/mol. The van der Waals surface area contributed by atoms with Gasteiger partial charge in [-0.3, -0.25) is 9.59 Å². The minimum atomic E-state index is -0.344. The molecule has 2 aromatic carbocycles. The number of hydrogen-bond acceptors (Lipinski definition) is 3. The third-order valence-corrected chi connectivity index (χ3v) is 5.24. The van der Waals surface area contributed by atoms with Crippen LogP contribution in [-0.2, 0) is 9.59 Å². The Hall–Kier alpha value is -2.66. The molecule has 4 rings (SSSR count). The van der Waals surface area contributed by atoms with Crippen molar-refractivity contribution in [2.45, 2.75) is 12.5 Å². The summed E-state index contributed by atoms with van der Waals surface area (Å²) >= 11 is 0. The van der Waals surface area contributed by atoms with Crippen LogP contribution in [0.4, 0.5) is 5.69 Å². The van der Waals surface area contributed by atoms with Gasteiger partial charge in [0.25, 0.3) is 0 Å². The average molecular weight is 349 g/mol. The molecule has 134 valence electrons. The van der Waals surface area contributed by atoms with Crippen LogP contribution in [0, 0.1) is 5.92 Å². The van der Waals surface area contributed by atoms with Gasteiger partial charge in [-0.15, -0.1) is 0 Å². The summed E-state index contributed by atoms with van der Waals surface area (Å²) < 4.78 is 0. The Morgan fingerprint density at radius 2 is 1.54 bits per heavy atom. The Morgan fingerprint density at radius 3 is 2.19 bits per heavy atom. The van der Waals surface area contributed by atoms with E-state index in [0.29, 0.717) is 13.1 Å². The molecule has 0 bridgehead atoms. The van der Waals surface area contributed by atoms with Gasteiger partial charge in [0, 0.05) is 38.3 Å². The molecule has 0 aliphatic carbocycles. The molecule has 0 spiro atoms. The first-order chi connectivity index (χ1) is 12.8. The normalized spacial score (nSPS) is 23.3. The molecule has 0 saturated carbocycles. The van der Waals surface area contributed by atoms with Crippen molar-refractivity contribution >= 4 is 17.5 Å². The van der Waals surface area contributed by atoms with E-state index >= 15 is 0 Å². The van der Waals surface area contributed by atoms with E-state index in [-0.39, 0.29) is 30.2 Å². The molecule has 2 aliphatic rings. The Labute approximate surface area is 153 Å². The van der Waals surface area contributed by atoms with Crippen molar-refractivity contribution in [3.63, 3.8) is 0 Å². The summed E-state index contributed by atoms with van der Waals surface area (Å²) in [6, 6.07) is 19.3. The first-order valence-corrected chi connectivity index (χ1v) is 9.17. The number of benzene rings is 2. The van der Waals surface area contributed by atoms with Crippen LogP contribution in [0.25, 0.3) is 0 Å². The highest BCUT2D eigenvalue weighted by Crippen LogP contribution is 2.42. The first kappa shape index (κ1) is 16.8.